The normalized spacial score (nSPS) is 13.7. The van der Waals surface area contributed by atoms with Crippen molar-refractivity contribution in [3.8, 4) is 5.75 Å². The van der Waals surface area contributed by atoms with Gasteiger partial charge in [-0.15, -0.1) is 0 Å². The predicted molar refractivity (Wildman–Crippen MR) is 130 cm³/mol. The van der Waals surface area contributed by atoms with Crippen molar-refractivity contribution >= 4 is 23.1 Å². The molecule has 33 heavy (non-hydrogen) atoms. The van der Waals surface area contributed by atoms with Gasteiger partial charge in [-0.2, -0.15) is 5.10 Å². The van der Waals surface area contributed by atoms with Crippen LogP contribution in [0.2, 0.25) is 0 Å². The second-order valence-electron chi connectivity index (χ2n) is 8.15. The Morgan fingerprint density at radius 3 is 2.30 bits per heavy atom. The van der Waals surface area contributed by atoms with Gasteiger partial charge >= 0.3 is 0 Å². The number of ether oxygens (including phenoxy) is 1. The first kappa shape index (κ1) is 22.4. The Labute approximate surface area is 193 Å². The molecule has 0 bridgehead atoms. The molecule has 1 aliphatic heterocycles. The highest BCUT2D eigenvalue weighted by Gasteiger charge is 2.21. The number of amides is 1. The number of carbonyl (C=O) groups is 1. The fourth-order valence-electron chi connectivity index (χ4n) is 4.11. The van der Waals surface area contributed by atoms with Gasteiger partial charge in [0.2, 0.25) is 5.91 Å². The van der Waals surface area contributed by atoms with Gasteiger partial charge in [0.15, 0.2) is 0 Å². The highest BCUT2D eigenvalue weighted by molar-refractivity contribution is 5.92. The van der Waals surface area contributed by atoms with Crippen LogP contribution in [0.15, 0.2) is 59.4 Å². The number of para-hydroxylation sites is 3. The number of aryl methyl sites for hydroxylation is 2. The number of benzene rings is 2. The first-order valence-corrected chi connectivity index (χ1v) is 11.0. The van der Waals surface area contributed by atoms with Crippen molar-refractivity contribution in [1.82, 2.24) is 9.78 Å². The summed E-state index contributed by atoms with van der Waals surface area (Å²) in [4.78, 5) is 29.4. The van der Waals surface area contributed by atoms with E-state index < -0.39 is 0 Å². The van der Waals surface area contributed by atoms with Crippen LogP contribution in [-0.4, -0.2) is 49.0 Å². The summed E-state index contributed by atoms with van der Waals surface area (Å²) in [6.07, 6.45) is 0. The topological polar surface area (TPSA) is 79.7 Å². The molecular formula is C25H29N5O3. The van der Waals surface area contributed by atoms with E-state index in [-0.39, 0.29) is 18.0 Å². The summed E-state index contributed by atoms with van der Waals surface area (Å²) >= 11 is 0. The summed E-state index contributed by atoms with van der Waals surface area (Å²) in [5.74, 6) is 1.27. The van der Waals surface area contributed by atoms with E-state index in [2.05, 4.69) is 26.3 Å². The van der Waals surface area contributed by atoms with Crippen LogP contribution < -0.4 is 25.4 Å². The lowest BCUT2D eigenvalue weighted by molar-refractivity contribution is -0.117. The SMILES string of the molecule is COc1ccccc1N1CCN(c2ccc(=O)n(CC(=O)Nc3c(C)cccc3C)n2)CC1. The first-order chi connectivity index (χ1) is 16.0. The third-order valence-corrected chi connectivity index (χ3v) is 5.92. The molecule has 0 radical (unpaired) electrons. The zero-order valence-electron chi connectivity index (χ0n) is 19.2. The monoisotopic (exact) mass is 447 g/mol. The van der Waals surface area contributed by atoms with Crippen molar-refractivity contribution in [2.45, 2.75) is 20.4 Å². The van der Waals surface area contributed by atoms with Crippen molar-refractivity contribution in [1.29, 1.82) is 0 Å². The molecule has 0 aliphatic carbocycles. The Bertz CT molecular complexity index is 1180. The summed E-state index contributed by atoms with van der Waals surface area (Å²) in [7, 11) is 1.68. The van der Waals surface area contributed by atoms with E-state index in [9.17, 15) is 9.59 Å². The minimum absolute atomic E-state index is 0.137. The number of piperazine rings is 1. The largest absolute Gasteiger partial charge is 0.495 e. The zero-order valence-corrected chi connectivity index (χ0v) is 19.2. The van der Waals surface area contributed by atoms with Gasteiger partial charge in [0.25, 0.3) is 5.56 Å². The Morgan fingerprint density at radius 2 is 1.61 bits per heavy atom. The van der Waals surface area contributed by atoms with Crippen LogP contribution in [-0.2, 0) is 11.3 Å². The standard InChI is InChI=1S/C25H29N5O3/c1-18-7-6-8-19(2)25(18)26-23(31)17-30-24(32)12-11-22(27-30)29-15-13-28(14-16-29)20-9-4-5-10-21(20)33-3/h4-12H,13-17H2,1-3H3,(H,26,31). The molecule has 3 aromatic rings. The van der Waals surface area contributed by atoms with E-state index in [0.29, 0.717) is 5.82 Å². The maximum atomic E-state index is 12.6. The molecule has 1 aliphatic rings. The third-order valence-electron chi connectivity index (χ3n) is 5.92. The lowest BCUT2D eigenvalue weighted by Gasteiger charge is -2.37. The molecule has 0 spiro atoms. The fraction of sp³-hybridized carbons (Fsp3) is 0.320. The smallest absolute Gasteiger partial charge is 0.267 e. The molecular weight excluding hydrogens is 418 g/mol. The fourth-order valence-corrected chi connectivity index (χ4v) is 4.11. The second kappa shape index (κ2) is 9.77. The van der Waals surface area contributed by atoms with Crippen LogP contribution in [0.4, 0.5) is 17.2 Å². The average molecular weight is 448 g/mol. The summed E-state index contributed by atoms with van der Waals surface area (Å²) in [6, 6.07) is 17.0. The molecule has 1 fully saturated rings. The number of carbonyl (C=O) groups excluding carboxylic acids is 1. The average Bonchev–Trinajstić information content (AvgIpc) is 2.83. The van der Waals surface area contributed by atoms with Gasteiger partial charge in [-0.05, 0) is 43.2 Å². The molecule has 1 N–H and O–H groups in total. The molecule has 1 amide bonds. The van der Waals surface area contributed by atoms with Crippen LogP contribution in [0.1, 0.15) is 11.1 Å². The summed E-state index contributed by atoms with van der Waals surface area (Å²) < 4.78 is 6.72. The molecule has 0 atom stereocenters. The third kappa shape index (κ3) is 5.00. The summed E-state index contributed by atoms with van der Waals surface area (Å²) in [5.41, 5.74) is 3.50. The number of nitrogens with zero attached hydrogens (tertiary/aromatic N) is 4. The molecule has 2 heterocycles. The van der Waals surface area contributed by atoms with Gasteiger partial charge in [0.1, 0.15) is 18.1 Å². The second-order valence-corrected chi connectivity index (χ2v) is 8.15. The predicted octanol–water partition coefficient (Wildman–Crippen LogP) is 2.83. The van der Waals surface area contributed by atoms with E-state index in [1.54, 1.807) is 13.2 Å². The lowest BCUT2D eigenvalue weighted by atomic mass is 10.1. The van der Waals surface area contributed by atoms with Crippen LogP contribution in [0.5, 0.6) is 5.75 Å². The highest BCUT2D eigenvalue weighted by Crippen LogP contribution is 2.28. The Hall–Kier alpha value is -3.81. The molecule has 1 saturated heterocycles. The van der Waals surface area contributed by atoms with Crippen LogP contribution in [0.25, 0.3) is 0 Å². The van der Waals surface area contributed by atoms with Crippen molar-refractivity contribution in [2.24, 2.45) is 0 Å². The van der Waals surface area contributed by atoms with Crippen molar-refractivity contribution in [3.05, 3.63) is 76.1 Å². The number of methoxy groups -OCH3 is 1. The molecule has 8 nitrogen and oxygen atoms in total. The van der Waals surface area contributed by atoms with E-state index in [1.807, 2.05) is 50.2 Å². The summed E-state index contributed by atoms with van der Waals surface area (Å²) in [6.45, 7) is 6.84. The number of nitrogens with one attached hydrogen (secondary N) is 1. The number of hydrogen-bond donors (Lipinski definition) is 1. The number of rotatable bonds is 6. The zero-order chi connectivity index (χ0) is 23.4. The van der Waals surface area contributed by atoms with Crippen molar-refractivity contribution in [3.63, 3.8) is 0 Å². The van der Waals surface area contributed by atoms with E-state index in [0.717, 1.165) is 54.4 Å². The lowest BCUT2D eigenvalue weighted by Crippen LogP contribution is -2.47. The van der Waals surface area contributed by atoms with E-state index >= 15 is 0 Å². The van der Waals surface area contributed by atoms with Crippen LogP contribution in [0, 0.1) is 13.8 Å². The molecule has 4 rings (SSSR count). The van der Waals surface area contributed by atoms with Gasteiger partial charge in [0, 0.05) is 37.9 Å². The Balaban J connectivity index is 1.43. The highest BCUT2D eigenvalue weighted by atomic mass is 16.5. The van der Waals surface area contributed by atoms with E-state index in [1.165, 1.54) is 10.7 Å². The van der Waals surface area contributed by atoms with Crippen LogP contribution >= 0.6 is 0 Å². The van der Waals surface area contributed by atoms with E-state index in [4.69, 9.17) is 4.74 Å². The number of anilines is 3. The quantitative estimate of drug-likeness (QED) is 0.626. The maximum Gasteiger partial charge on any atom is 0.267 e. The van der Waals surface area contributed by atoms with Crippen LogP contribution in [0.3, 0.4) is 0 Å². The molecule has 1 aromatic heterocycles. The minimum Gasteiger partial charge on any atom is -0.495 e. The first-order valence-electron chi connectivity index (χ1n) is 11.0. The molecule has 172 valence electrons. The summed E-state index contributed by atoms with van der Waals surface area (Å²) in [5, 5.41) is 7.40. The molecule has 2 aromatic carbocycles. The number of aromatic nitrogens is 2. The Kier molecular flexibility index (Phi) is 6.63. The van der Waals surface area contributed by atoms with Gasteiger partial charge in [-0.3, -0.25) is 9.59 Å². The maximum absolute atomic E-state index is 12.6. The van der Waals surface area contributed by atoms with Gasteiger partial charge in [-0.1, -0.05) is 30.3 Å². The minimum atomic E-state index is -0.303. The Morgan fingerprint density at radius 1 is 0.939 bits per heavy atom. The van der Waals surface area contributed by atoms with Gasteiger partial charge < -0.3 is 19.9 Å². The van der Waals surface area contributed by atoms with Crippen molar-refractivity contribution < 1.29 is 9.53 Å². The molecule has 0 saturated carbocycles. The molecule has 8 heteroatoms. The number of hydrogen-bond acceptors (Lipinski definition) is 6. The van der Waals surface area contributed by atoms with Gasteiger partial charge in [0.05, 0.1) is 12.8 Å². The van der Waals surface area contributed by atoms with Gasteiger partial charge in [-0.25, -0.2) is 4.68 Å². The van der Waals surface area contributed by atoms with Crippen molar-refractivity contribution in [2.75, 3.05) is 48.4 Å². The molecule has 0 unspecified atom stereocenters.